The molecule has 0 saturated heterocycles. The molecule has 1 unspecified atom stereocenters. The van der Waals surface area contributed by atoms with Gasteiger partial charge in [0.25, 0.3) is 0 Å². The summed E-state index contributed by atoms with van der Waals surface area (Å²) in [6.45, 7) is 2.23. The van der Waals surface area contributed by atoms with E-state index in [-0.39, 0.29) is 41.9 Å². The number of carboxylic acids is 1. The Morgan fingerprint density at radius 1 is 1.19 bits per heavy atom. The first-order chi connectivity index (χ1) is 9.74. The number of aromatic nitrogens is 2. The molecule has 0 aliphatic carbocycles. The summed E-state index contributed by atoms with van der Waals surface area (Å²) < 4.78 is 0. The maximum atomic E-state index is 10.9. The van der Waals surface area contributed by atoms with E-state index < -0.39 is 5.97 Å². The minimum atomic E-state index is -0.744. The molecule has 1 atom stereocenters. The molecule has 1 aromatic rings. The number of unbranched alkanes of at least 4 members (excludes halogenated alkanes) is 7. The summed E-state index contributed by atoms with van der Waals surface area (Å²) in [5.74, 6) is 0.101. The maximum Gasteiger partial charge on any atom is 0.304 e. The summed E-state index contributed by atoms with van der Waals surface area (Å²) in [4.78, 5) is 18.1. The van der Waals surface area contributed by atoms with Crippen LogP contribution in [0.3, 0.4) is 0 Å². The number of rotatable bonds is 12. The van der Waals surface area contributed by atoms with E-state index >= 15 is 0 Å². The van der Waals surface area contributed by atoms with Crippen molar-refractivity contribution in [3.8, 4) is 0 Å². The summed E-state index contributed by atoms with van der Waals surface area (Å²) in [5, 5.41) is 8.96. The second kappa shape index (κ2) is 13.4. The molecule has 0 saturated carbocycles. The quantitative estimate of drug-likeness (QED) is 0.451. The van der Waals surface area contributed by atoms with Crippen molar-refractivity contribution in [2.24, 2.45) is 0 Å². The van der Waals surface area contributed by atoms with E-state index in [9.17, 15) is 4.79 Å². The van der Waals surface area contributed by atoms with Crippen LogP contribution in [0.15, 0.2) is 12.4 Å². The van der Waals surface area contributed by atoms with Gasteiger partial charge in [0, 0.05) is 47.9 Å². The monoisotopic (exact) mass is 303 g/mol. The first-order valence-corrected chi connectivity index (χ1v) is 7.95. The van der Waals surface area contributed by atoms with Gasteiger partial charge in [0.1, 0.15) is 5.82 Å². The zero-order valence-electron chi connectivity index (χ0n) is 13.6. The molecule has 1 aromatic heterocycles. The zero-order chi connectivity index (χ0) is 14.6. The first kappa shape index (κ1) is 20.7. The molecule has 1 heterocycles. The van der Waals surface area contributed by atoms with Gasteiger partial charge in [-0.25, -0.2) is 4.98 Å². The molecule has 0 spiro atoms. The van der Waals surface area contributed by atoms with Crippen LogP contribution in [0.25, 0.3) is 0 Å². The average Bonchev–Trinajstić information content (AvgIpc) is 2.94. The third-order valence-electron chi connectivity index (χ3n) is 3.73. The fourth-order valence-corrected chi connectivity index (χ4v) is 2.57. The molecule has 1 rings (SSSR count). The summed E-state index contributed by atoms with van der Waals surface area (Å²) >= 11 is 0. The Morgan fingerprint density at radius 2 is 1.81 bits per heavy atom. The SMILES string of the molecule is CCCCCCCCCCC(CC(=O)O)c1ncc[nH]1.[Na]. The number of carbonyl (C=O) groups is 1. The van der Waals surface area contributed by atoms with Gasteiger partial charge in [0.05, 0.1) is 6.42 Å². The molecule has 0 aliphatic heterocycles. The minimum absolute atomic E-state index is 0. The molecular weight excluding hydrogens is 275 g/mol. The molecule has 115 valence electrons. The van der Waals surface area contributed by atoms with Crippen molar-refractivity contribution in [2.75, 3.05) is 0 Å². The van der Waals surface area contributed by atoms with Crippen LogP contribution in [0.4, 0.5) is 0 Å². The van der Waals surface area contributed by atoms with Crippen LogP contribution in [-0.4, -0.2) is 50.6 Å². The number of nitrogens with one attached hydrogen (secondary N) is 1. The summed E-state index contributed by atoms with van der Waals surface area (Å²) in [6, 6.07) is 0. The van der Waals surface area contributed by atoms with Crippen molar-refractivity contribution < 1.29 is 9.90 Å². The number of aliphatic carboxylic acids is 1. The third-order valence-corrected chi connectivity index (χ3v) is 3.73. The zero-order valence-corrected chi connectivity index (χ0v) is 15.6. The summed E-state index contributed by atoms with van der Waals surface area (Å²) in [6.07, 6.45) is 14.7. The number of imidazole rings is 1. The molecule has 4 nitrogen and oxygen atoms in total. The molecule has 0 bridgehead atoms. The molecule has 1 radical (unpaired) electrons. The van der Waals surface area contributed by atoms with Crippen molar-refractivity contribution in [1.29, 1.82) is 0 Å². The van der Waals surface area contributed by atoms with E-state index in [1.165, 1.54) is 44.9 Å². The van der Waals surface area contributed by atoms with Crippen molar-refractivity contribution >= 4 is 35.5 Å². The van der Waals surface area contributed by atoms with E-state index in [2.05, 4.69) is 16.9 Å². The number of hydrogen-bond donors (Lipinski definition) is 2. The average molecular weight is 303 g/mol. The third kappa shape index (κ3) is 10.1. The molecule has 0 aliphatic rings. The number of aromatic amines is 1. The van der Waals surface area contributed by atoms with Gasteiger partial charge in [-0.3, -0.25) is 4.79 Å². The second-order valence-corrected chi connectivity index (χ2v) is 5.53. The topological polar surface area (TPSA) is 66.0 Å². The standard InChI is InChI=1S/C16H28N2O2.Na/c1-2-3-4-5-6-7-8-9-10-14(13-15(19)20)16-17-11-12-18-16;/h11-12,14H,2-10,13H2,1H3,(H,17,18)(H,19,20);. The number of hydrogen-bond acceptors (Lipinski definition) is 2. The smallest absolute Gasteiger partial charge is 0.304 e. The second-order valence-electron chi connectivity index (χ2n) is 5.53. The van der Waals surface area contributed by atoms with Gasteiger partial charge >= 0.3 is 5.97 Å². The van der Waals surface area contributed by atoms with Crippen LogP contribution in [0.2, 0.25) is 0 Å². The molecule has 5 heteroatoms. The Kier molecular flexibility index (Phi) is 13.1. The molecule has 21 heavy (non-hydrogen) atoms. The van der Waals surface area contributed by atoms with Gasteiger partial charge in [0.2, 0.25) is 0 Å². The van der Waals surface area contributed by atoms with Gasteiger partial charge in [0.15, 0.2) is 0 Å². The van der Waals surface area contributed by atoms with Crippen LogP contribution >= 0.6 is 0 Å². The van der Waals surface area contributed by atoms with Gasteiger partial charge in [-0.15, -0.1) is 0 Å². The van der Waals surface area contributed by atoms with Gasteiger partial charge in [-0.05, 0) is 6.42 Å². The predicted molar refractivity (Wildman–Crippen MR) is 86.6 cm³/mol. The molecule has 0 fully saturated rings. The van der Waals surface area contributed by atoms with E-state index in [4.69, 9.17) is 5.11 Å². The Morgan fingerprint density at radius 3 is 2.33 bits per heavy atom. The van der Waals surface area contributed by atoms with Crippen LogP contribution in [-0.2, 0) is 4.79 Å². The summed E-state index contributed by atoms with van der Waals surface area (Å²) in [7, 11) is 0. The molecule has 2 N–H and O–H groups in total. The Labute approximate surface area is 150 Å². The fraction of sp³-hybridized carbons (Fsp3) is 0.750. The van der Waals surface area contributed by atoms with Gasteiger partial charge in [-0.2, -0.15) is 0 Å². The van der Waals surface area contributed by atoms with E-state index in [0.29, 0.717) is 0 Å². The van der Waals surface area contributed by atoms with E-state index in [1.807, 2.05) is 0 Å². The molecule has 0 aromatic carbocycles. The van der Waals surface area contributed by atoms with Crippen LogP contribution in [0.5, 0.6) is 0 Å². The Hall–Kier alpha value is -0.320. The largest absolute Gasteiger partial charge is 0.481 e. The molecular formula is C16H28N2NaO2. The normalized spacial score (nSPS) is 11.9. The van der Waals surface area contributed by atoms with Crippen molar-refractivity contribution in [3.05, 3.63) is 18.2 Å². The van der Waals surface area contributed by atoms with Crippen molar-refractivity contribution in [2.45, 2.75) is 77.0 Å². The minimum Gasteiger partial charge on any atom is -0.481 e. The van der Waals surface area contributed by atoms with Crippen LogP contribution in [0, 0.1) is 0 Å². The number of nitrogens with zero attached hydrogens (tertiary/aromatic N) is 1. The maximum absolute atomic E-state index is 10.9. The van der Waals surface area contributed by atoms with Crippen molar-refractivity contribution in [1.82, 2.24) is 9.97 Å². The van der Waals surface area contributed by atoms with Crippen molar-refractivity contribution in [3.63, 3.8) is 0 Å². The van der Waals surface area contributed by atoms with E-state index in [1.54, 1.807) is 12.4 Å². The number of carboxylic acid groups (broad SMARTS) is 1. The Bertz CT molecular complexity index is 355. The summed E-state index contributed by atoms with van der Waals surface area (Å²) in [5.41, 5.74) is 0. The Balaban J connectivity index is 0.00000400. The van der Waals surface area contributed by atoms with Gasteiger partial charge < -0.3 is 10.1 Å². The fourth-order valence-electron chi connectivity index (χ4n) is 2.57. The van der Waals surface area contributed by atoms with E-state index in [0.717, 1.165) is 18.7 Å². The van der Waals surface area contributed by atoms with Gasteiger partial charge in [-0.1, -0.05) is 58.3 Å². The number of H-pyrrole nitrogens is 1. The molecule has 0 amide bonds. The van der Waals surface area contributed by atoms with Crippen LogP contribution in [0.1, 0.15) is 82.9 Å². The first-order valence-electron chi connectivity index (χ1n) is 7.95. The predicted octanol–water partition coefficient (Wildman–Crippen LogP) is 4.12. The van der Waals surface area contributed by atoms with Crippen LogP contribution < -0.4 is 0 Å².